The zero-order valence-electron chi connectivity index (χ0n) is 14.2. The summed E-state index contributed by atoms with van der Waals surface area (Å²) >= 11 is 0. The van der Waals surface area contributed by atoms with Gasteiger partial charge < -0.3 is 10.3 Å². The molecule has 27 heavy (non-hydrogen) atoms. The molecule has 0 saturated heterocycles. The molecular formula is C16H17N11. The van der Waals surface area contributed by atoms with E-state index < -0.39 is 0 Å². The molecule has 0 aromatic carbocycles. The van der Waals surface area contributed by atoms with E-state index in [0.29, 0.717) is 6.54 Å². The molecule has 136 valence electrons. The van der Waals surface area contributed by atoms with Gasteiger partial charge in [-0.2, -0.15) is 5.10 Å². The first-order valence-electron chi connectivity index (χ1n) is 8.16. The Morgan fingerprint density at radius 1 is 0.963 bits per heavy atom. The van der Waals surface area contributed by atoms with Gasteiger partial charge in [-0.25, -0.2) is 19.6 Å². The van der Waals surface area contributed by atoms with Crippen LogP contribution in [0.5, 0.6) is 0 Å². The fourth-order valence-corrected chi connectivity index (χ4v) is 2.40. The molecule has 0 spiro atoms. The number of nitrogens with zero attached hydrogens (tertiary/aromatic N) is 7. The number of aliphatic imine (C=N–C) groups is 2. The number of hydrogen-bond acceptors (Lipinski definition) is 8. The van der Waals surface area contributed by atoms with Crippen LogP contribution in [0.15, 0.2) is 53.6 Å². The van der Waals surface area contributed by atoms with Crippen molar-refractivity contribution in [2.75, 3.05) is 10.7 Å². The van der Waals surface area contributed by atoms with E-state index >= 15 is 0 Å². The lowest BCUT2D eigenvalue weighted by Crippen LogP contribution is -2.17. The molecule has 2 aliphatic rings. The van der Waals surface area contributed by atoms with E-state index in [2.05, 4.69) is 50.9 Å². The fourth-order valence-electron chi connectivity index (χ4n) is 2.40. The van der Waals surface area contributed by atoms with Gasteiger partial charge in [0, 0.05) is 24.0 Å². The second-order valence-electron chi connectivity index (χ2n) is 5.55. The molecule has 2 aliphatic heterocycles. The van der Waals surface area contributed by atoms with E-state index in [-0.39, 0.29) is 0 Å². The van der Waals surface area contributed by atoms with Gasteiger partial charge in [0.15, 0.2) is 0 Å². The second-order valence-corrected chi connectivity index (χ2v) is 5.55. The Balaban J connectivity index is 0.0000001000. The van der Waals surface area contributed by atoms with Crippen LogP contribution in [0, 0.1) is 0 Å². The second kappa shape index (κ2) is 7.91. The highest BCUT2D eigenvalue weighted by Crippen LogP contribution is 2.13. The number of fused-ring (bicyclic) bond motifs is 3. The molecule has 11 heteroatoms. The normalized spacial score (nSPS) is 13.2. The Hall–Kier alpha value is -4.02. The highest BCUT2D eigenvalue weighted by molar-refractivity contribution is 5.78. The van der Waals surface area contributed by atoms with Gasteiger partial charge >= 0.3 is 0 Å². The van der Waals surface area contributed by atoms with Crippen molar-refractivity contribution in [3.05, 3.63) is 55.0 Å². The van der Waals surface area contributed by atoms with Crippen LogP contribution in [-0.2, 0) is 13.1 Å². The van der Waals surface area contributed by atoms with Gasteiger partial charge in [-0.15, -0.1) is 0 Å². The number of rotatable bonds is 0. The lowest BCUT2D eigenvalue weighted by atomic mass is 10.3. The summed E-state index contributed by atoms with van der Waals surface area (Å²) in [5, 5.41) is 10.7. The summed E-state index contributed by atoms with van der Waals surface area (Å²) in [5.41, 5.74) is 7.05. The molecule has 11 nitrogen and oxygen atoms in total. The predicted molar refractivity (Wildman–Crippen MR) is 102 cm³/mol. The molecule has 0 amide bonds. The van der Waals surface area contributed by atoms with Crippen molar-refractivity contribution in [2.24, 2.45) is 9.98 Å². The van der Waals surface area contributed by atoms with Crippen LogP contribution in [0.1, 0.15) is 11.4 Å². The first kappa shape index (κ1) is 16.4. The van der Waals surface area contributed by atoms with Crippen LogP contribution in [-0.4, -0.2) is 47.5 Å². The minimum atomic E-state index is 0.711. The zero-order valence-corrected chi connectivity index (χ0v) is 14.2. The van der Waals surface area contributed by atoms with Crippen molar-refractivity contribution in [3.8, 4) is 0 Å². The zero-order chi connectivity index (χ0) is 18.3. The van der Waals surface area contributed by atoms with Crippen LogP contribution < -0.4 is 10.7 Å². The molecular weight excluding hydrogens is 346 g/mol. The van der Waals surface area contributed by atoms with Crippen LogP contribution in [0.4, 0.5) is 5.69 Å². The van der Waals surface area contributed by atoms with Crippen LogP contribution in [0.2, 0.25) is 0 Å². The molecule has 4 N–H and O–H groups in total. The van der Waals surface area contributed by atoms with Gasteiger partial charge in [0.2, 0.25) is 0 Å². The largest absolute Gasteiger partial charge is 0.365 e. The third-order valence-corrected chi connectivity index (χ3v) is 3.77. The molecule has 0 unspecified atom stereocenters. The summed E-state index contributed by atoms with van der Waals surface area (Å²) in [6, 6.07) is 0. The van der Waals surface area contributed by atoms with Crippen molar-refractivity contribution < 1.29 is 0 Å². The molecule has 0 saturated carbocycles. The van der Waals surface area contributed by atoms with Gasteiger partial charge in [0.05, 0.1) is 54.4 Å². The molecule has 0 fully saturated rings. The monoisotopic (exact) mass is 363 g/mol. The van der Waals surface area contributed by atoms with E-state index in [9.17, 15) is 0 Å². The highest BCUT2D eigenvalue weighted by Gasteiger charge is 2.04. The Kier molecular flexibility index (Phi) is 4.82. The van der Waals surface area contributed by atoms with Gasteiger partial charge in [0.1, 0.15) is 19.0 Å². The molecule has 6 heterocycles. The Labute approximate surface area is 153 Å². The van der Waals surface area contributed by atoms with Gasteiger partial charge in [-0.05, 0) is 0 Å². The van der Waals surface area contributed by atoms with E-state index in [4.69, 9.17) is 0 Å². The molecule has 0 bridgehead atoms. The summed E-state index contributed by atoms with van der Waals surface area (Å²) < 4.78 is 1.84. The Morgan fingerprint density at radius 3 is 2.81 bits per heavy atom. The molecule has 4 aromatic heterocycles. The highest BCUT2D eigenvalue weighted by atomic mass is 15.4. The first-order valence-corrected chi connectivity index (χ1v) is 8.16. The maximum absolute atomic E-state index is 4.00. The lowest BCUT2D eigenvalue weighted by Gasteiger charge is -2.08. The van der Waals surface area contributed by atoms with Crippen molar-refractivity contribution in [1.29, 1.82) is 0 Å². The van der Waals surface area contributed by atoms with Crippen molar-refractivity contribution >= 4 is 29.3 Å². The first-order chi connectivity index (χ1) is 13.4. The number of aromatic nitrogens is 7. The number of nitrogens with one attached hydrogen (secondary N) is 4. The maximum atomic E-state index is 4.00. The number of anilines is 1. The van der Waals surface area contributed by atoms with E-state index in [0.717, 1.165) is 34.5 Å². The summed E-state index contributed by atoms with van der Waals surface area (Å²) in [7, 11) is 0. The number of H-pyrrole nitrogens is 2. The van der Waals surface area contributed by atoms with Gasteiger partial charge in [-0.3, -0.25) is 20.5 Å². The Morgan fingerprint density at radius 2 is 1.93 bits per heavy atom. The minimum absolute atomic E-state index is 0.711. The fraction of sp³-hybridized carbons (Fsp3) is 0.125. The summed E-state index contributed by atoms with van der Waals surface area (Å²) in [4.78, 5) is 22.7. The summed E-state index contributed by atoms with van der Waals surface area (Å²) in [6.07, 6.45) is 15.6. The standard InChI is InChI=1S/C6H5N3.2C5H6N4/c1-5-2-8-4-9-6(5)3-7-1;1-5-2-7-4-9(5)8-3-6-1;1-5-4(2-8-9-5)7-3-6-1/h1-4,7H;2-4H,1H2,(H,6,8);2-3H,1H2,(H,6,7)(H,8,9). The molecule has 4 aromatic rings. The van der Waals surface area contributed by atoms with Crippen molar-refractivity contribution in [1.82, 2.24) is 34.8 Å². The molecule has 6 rings (SSSR count). The lowest BCUT2D eigenvalue weighted by molar-refractivity contribution is 0.836. The summed E-state index contributed by atoms with van der Waals surface area (Å²) in [5.74, 6) is 0. The predicted octanol–water partition coefficient (Wildman–Crippen LogP) is 1.29. The minimum Gasteiger partial charge on any atom is -0.365 e. The van der Waals surface area contributed by atoms with Gasteiger partial charge in [-0.1, -0.05) is 0 Å². The SMILES string of the molecule is C1=NCc2[nH]ncc2N1.C1=NCc2cncn2N1.c1ncc2c[nH]cc2n1. The quantitative estimate of drug-likeness (QED) is 0.371. The summed E-state index contributed by atoms with van der Waals surface area (Å²) in [6.45, 7) is 1.44. The van der Waals surface area contributed by atoms with E-state index in [1.807, 2.05) is 17.1 Å². The van der Waals surface area contributed by atoms with Crippen molar-refractivity contribution in [3.63, 3.8) is 0 Å². The molecule has 0 radical (unpaired) electrons. The van der Waals surface area contributed by atoms with Crippen LogP contribution in [0.25, 0.3) is 10.9 Å². The van der Waals surface area contributed by atoms with E-state index in [1.54, 1.807) is 37.6 Å². The average molecular weight is 363 g/mol. The maximum Gasteiger partial charge on any atom is 0.116 e. The third kappa shape index (κ3) is 3.98. The number of aromatic amines is 2. The number of imidazole rings is 1. The number of hydrogen-bond donors (Lipinski definition) is 4. The molecule has 0 aliphatic carbocycles. The van der Waals surface area contributed by atoms with Crippen LogP contribution in [0.3, 0.4) is 0 Å². The smallest absolute Gasteiger partial charge is 0.116 e. The molecule has 0 atom stereocenters. The average Bonchev–Trinajstić information content (AvgIpc) is 3.48. The third-order valence-electron chi connectivity index (χ3n) is 3.77. The topological polar surface area (TPSA) is 137 Å². The van der Waals surface area contributed by atoms with Crippen molar-refractivity contribution in [2.45, 2.75) is 13.1 Å². The van der Waals surface area contributed by atoms with Gasteiger partial charge in [0.25, 0.3) is 0 Å². The Bertz CT molecular complexity index is 928. The van der Waals surface area contributed by atoms with E-state index in [1.165, 1.54) is 6.33 Å². The van der Waals surface area contributed by atoms with Crippen LogP contribution >= 0.6 is 0 Å².